The molecule has 0 aromatic heterocycles. The van der Waals surface area contributed by atoms with Gasteiger partial charge >= 0.3 is 6.03 Å². The standard InChI is InChI=1S/C27H36N4O2/c1-20(2)23-8-6-9-24(18-23)27(4,5)29-26(33)31-15-7-14-30(16-17-31)19-22-10-12-25(13-11-22)28-21(3)32/h6,8-13,18H,1,7,14-17,19H2,2-5H3,(H,28,32)(H,29,33). The molecule has 0 radical (unpaired) electrons. The van der Waals surface area contributed by atoms with E-state index in [0.717, 1.165) is 55.0 Å². The Bertz CT molecular complexity index is 997. The van der Waals surface area contributed by atoms with Crippen LogP contribution in [0.4, 0.5) is 10.5 Å². The van der Waals surface area contributed by atoms with Crippen molar-refractivity contribution >= 4 is 23.2 Å². The van der Waals surface area contributed by atoms with E-state index in [0.29, 0.717) is 6.54 Å². The average molecular weight is 449 g/mol. The Balaban J connectivity index is 1.56. The van der Waals surface area contributed by atoms with Crippen LogP contribution in [0.15, 0.2) is 55.1 Å². The van der Waals surface area contributed by atoms with E-state index >= 15 is 0 Å². The van der Waals surface area contributed by atoms with E-state index in [9.17, 15) is 9.59 Å². The lowest BCUT2D eigenvalue weighted by molar-refractivity contribution is -0.114. The zero-order valence-corrected chi connectivity index (χ0v) is 20.3. The molecule has 0 saturated carbocycles. The molecule has 1 saturated heterocycles. The minimum absolute atomic E-state index is 0.0257. The number of hydrogen-bond donors (Lipinski definition) is 2. The molecule has 0 atom stereocenters. The van der Waals surface area contributed by atoms with Crippen LogP contribution in [-0.2, 0) is 16.9 Å². The maximum Gasteiger partial charge on any atom is 0.318 e. The van der Waals surface area contributed by atoms with Crippen LogP contribution in [0, 0.1) is 0 Å². The highest BCUT2D eigenvalue weighted by Gasteiger charge is 2.27. The summed E-state index contributed by atoms with van der Waals surface area (Å²) < 4.78 is 0. The lowest BCUT2D eigenvalue weighted by Crippen LogP contribution is -2.49. The van der Waals surface area contributed by atoms with Crippen molar-refractivity contribution in [3.8, 4) is 0 Å². The Kier molecular flexibility index (Phi) is 7.92. The van der Waals surface area contributed by atoms with Crippen LogP contribution < -0.4 is 10.6 Å². The van der Waals surface area contributed by atoms with Crippen LogP contribution in [-0.4, -0.2) is 47.9 Å². The SMILES string of the molecule is C=C(C)c1cccc(C(C)(C)NC(=O)N2CCCN(Cc3ccc(NC(C)=O)cc3)CC2)c1. The first-order chi connectivity index (χ1) is 15.6. The molecule has 3 amide bonds. The second-order valence-corrected chi connectivity index (χ2v) is 9.41. The summed E-state index contributed by atoms with van der Waals surface area (Å²) in [5.41, 5.74) is 4.68. The van der Waals surface area contributed by atoms with Crippen LogP contribution >= 0.6 is 0 Å². The van der Waals surface area contributed by atoms with Gasteiger partial charge in [0.05, 0.1) is 5.54 Å². The molecule has 1 aliphatic rings. The fourth-order valence-electron chi connectivity index (χ4n) is 4.08. The number of benzene rings is 2. The highest BCUT2D eigenvalue weighted by Crippen LogP contribution is 2.24. The quantitative estimate of drug-likeness (QED) is 0.665. The number of allylic oxidation sites excluding steroid dienone is 1. The van der Waals surface area contributed by atoms with Crippen LogP contribution in [0.25, 0.3) is 5.57 Å². The van der Waals surface area contributed by atoms with Crippen LogP contribution in [0.2, 0.25) is 0 Å². The number of hydrogen-bond acceptors (Lipinski definition) is 3. The molecule has 6 nitrogen and oxygen atoms in total. The average Bonchev–Trinajstić information content (AvgIpc) is 3.00. The van der Waals surface area contributed by atoms with Gasteiger partial charge in [0.2, 0.25) is 5.91 Å². The fraction of sp³-hybridized carbons (Fsp3) is 0.407. The Labute approximate surface area is 197 Å². The van der Waals surface area contributed by atoms with Crippen molar-refractivity contribution in [2.24, 2.45) is 0 Å². The molecular weight excluding hydrogens is 412 g/mol. The molecule has 3 rings (SSSR count). The molecule has 176 valence electrons. The summed E-state index contributed by atoms with van der Waals surface area (Å²) in [5, 5.41) is 6.02. The number of anilines is 1. The van der Waals surface area contributed by atoms with Gasteiger partial charge in [0.1, 0.15) is 0 Å². The molecule has 0 spiro atoms. The Morgan fingerprint density at radius 2 is 1.73 bits per heavy atom. The molecule has 2 aromatic rings. The molecule has 2 aromatic carbocycles. The zero-order valence-electron chi connectivity index (χ0n) is 20.3. The first-order valence-electron chi connectivity index (χ1n) is 11.6. The normalized spacial score (nSPS) is 15.0. The maximum atomic E-state index is 13.1. The van der Waals surface area contributed by atoms with Crippen LogP contribution in [0.1, 0.15) is 50.8 Å². The van der Waals surface area contributed by atoms with Gasteiger partial charge in [-0.25, -0.2) is 4.79 Å². The summed E-state index contributed by atoms with van der Waals surface area (Å²) in [6.45, 7) is 15.6. The van der Waals surface area contributed by atoms with Crippen molar-refractivity contribution in [3.63, 3.8) is 0 Å². The fourth-order valence-corrected chi connectivity index (χ4v) is 4.08. The lowest BCUT2D eigenvalue weighted by atomic mass is 9.92. The van der Waals surface area contributed by atoms with E-state index in [1.807, 2.05) is 68.1 Å². The third kappa shape index (κ3) is 6.93. The number of carbonyl (C=O) groups is 2. The van der Waals surface area contributed by atoms with Gasteiger partial charge in [-0.2, -0.15) is 0 Å². The Morgan fingerprint density at radius 1 is 1.00 bits per heavy atom. The number of amides is 3. The second kappa shape index (κ2) is 10.7. The monoisotopic (exact) mass is 448 g/mol. The van der Waals surface area contributed by atoms with Crippen LogP contribution in [0.5, 0.6) is 0 Å². The van der Waals surface area contributed by atoms with Gasteiger partial charge in [-0.05, 0) is 62.1 Å². The number of carbonyl (C=O) groups excluding carboxylic acids is 2. The first kappa shape index (κ1) is 24.5. The van der Waals surface area contributed by atoms with Gasteiger partial charge in [-0.1, -0.05) is 42.5 Å². The molecule has 1 heterocycles. The van der Waals surface area contributed by atoms with E-state index in [4.69, 9.17) is 0 Å². The number of urea groups is 1. The molecule has 0 bridgehead atoms. The largest absolute Gasteiger partial charge is 0.329 e. The number of nitrogens with zero attached hydrogens (tertiary/aromatic N) is 2. The smallest absolute Gasteiger partial charge is 0.318 e. The van der Waals surface area contributed by atoms with Crippen molar-refractivity contribution in [1.82, 2.24) is 15.1 Å². The molecular formula is C27H36N4O2. The zero-order chi connectivity index (χ0) is 24.0. The van der Waals surface area contributed by atoms with E-state index in [-0.39, 0.29) is 11.9 Å². The van der Waals surface area contributed by atoms with Gasteiger partial charge in [0, 0.05) is 45.3 Å². The summed E-state index contributed by atoms with van der Waals surface area (Å²) in [7, 11) is 0. The number of rotatable bonds is 6. The van der Waals surface area contributed by atoms with Crippen molar-refractivity contribution < 1.29 is 9.59 Å². The summed E-state index contributed by atoms with van der Waals surface area (Å²) in [6, 6.07) is 16.1. The Hall–Kier alpha value is -3.12. The maximum absolute atomic E-state index is 13.1. The number of nitrogens with one attached hydrogen (secondary N) is 2. The highest BCUT2D eigenvalue weighted by molar-refractivity contribution is 5.88. The van der Waals surface area contributed by atoms with Gasteiger partial charge in [0.15, 0.2) is 0 Å². The van der Waals surface area contributed by atoms with Crippen LogP contribution in [0.3, 0.4) is 0 Å². The molecule has 1 aliphatic heterocycles. The molecule has 1 fully saturated rings. The third-order valence-electron chi connectivity index (χ3n) is 6.05. The second-order valence-electron chi connectivity index (χ2n) is 9.41. The van der Waals surface area contributed by atoms with Crippen molar-refractivity contribution in [2.75, 3.05) is 31.5 Å². The van der Waals surface area contributed by atoms with E-state index < -0.39 is 5.54 Å². The minimum atomic E-state index is -0.482. The summed E-state index contributed by atoms with van der Waals surface area (Å²) >= 11 is 0. The van der Waals surface area contributed by atoms with Gasteiger partial charge < -0.3 is 15.5 Å². The van der Waals surface area contributed by atoms with Gasteiger partial charge in [-0.15, -0.1) is 0 Å². The molecule has 33 heavy (non-hydrogen) atoms. The summed E-state index contributed by atoms with van der Waals surface area (Å²) in [5.74, 6) is -0.0691. The third-order valence-corrected chi connectivity index (χ3v) is 6.05. The minimum Gasteiger partial charge on any atom is -0.329 e. The first-order valence-corrected chi connectivity index (χ1v) is 11.6. The van der Waals surface area contributed by atoms with E-state index in [1.54, 1.807) is 0 Å². The van der Waals surface area contributed by atoms with Crippen molar-refractivity contribution in [3.05, 3.63) is 71.8 Å². The lowest BCUT2D eigenvalue weighted by Gasteiger charge is -2.31. The predicted molar refractivity (Wildman–Crippen MR) is 135 cm³/mol. The topological polar surface area (TPSA) is 64.7 Å². The van der Waals surface area contributed by atoms with E-state index in [1.165, 1.54) is 12.5 Å². The summed E-state index contributed by atoms with van der Waals surface area (Å²) in [4.78, 5) is 28.6. The molecule has 0 aliphatic carbocycles. The van der Waals surface area contributed by atoms with Gasteiger partial charge in [0.25, 0.3) is 0 Å². The molecule has 6 heteroatoms. The van der Waals surface area contributed by atoms with Gasteiger partial charge in [-0.3, -0.25) is 9.69 Å². The molecule has 0 unspecified atom stereocenters. The van der Waals surface area contributed by atoms with Crippen molar-refractivity contribution in [1.29, 1.82) is 0 Å². The highest BCUT2D eigenvalue weighted by atomic mass is 16.2. The Morgan fingerprint density at radius 3 is 2.39 bits per heavy atom. The van der Waals surface area contributed by atoms with Crippen molar-refractivity contribution in [2.45, 2.75) is 46.2 Å². The van der Waals surface area contributed by atoms with E-state index in [2.05, 4.69) is 28.2 Å². The summed E-state index contributed by atoms with van der Waals surface area (Å²) in [6.07, 6.45) is 0.934. The molecule has 2 N–H and O–H groups in total. The predicted octanol–water partition coefficient (Wildman–Crippen LogP) is 4.83.